The molecule has 1 fully saturated rings. The van der Waals surface area contributed by atoms with Crippen molar-refractivity contribution in [1.29, 1.82) is 0 Å². The number of amides is 2. The molecule has 1 saturated heterocycles. The summed E-state index contributed by atoms with van der Waals surface area (Å²) in [4.78, 5) is 26.5. The van der Waals surface area contributed by atoms with Gasteiger partial charge in [0.25, 0.3) is 5.91 Å². The van der Waals surface area contributed by atoms with E-state index < -0.39 is 0 Å². The Morgan fingerprint density at radius 3 is 3.06 bits per heavy atom. The highest BCUT2D eigenvalue weighted by Crippen LogP contribution is 2.12. The normalized spacial score (nSPS) is 15.7. The number of hydrogen-bond acceptors (Lipinski definition) is 4. The molecule has 0 spiro atoms. The van der Waals surface area contributed by atoms with Gasteiger partial charge in [0.05, 0.1) is 19.5 Å². The third-order valence-corrected chi connectivity index (χ3v) is 2.60. The zero-order valence-corrected chi connectivity index (χ0v) is 9.59. The zero-order valence-electron chi connectivity index (χ0n) is 9.59. The van der Waals surface area contributed by atoms with Gasteiger partial charge in [-0.1, -0.05) is 0 Å². The highest BCUT2D eigenvalue weighted by molar-refractivity contribution is 5.95. The molecule has 0 unspecified atom stereocenters. The first-order valence-corrected chi connectivity index (χ1v) is 5.32. The minimum Gasteiger partial charge on any atom is -0.459 e. The van der Waals surface area contributed by atoms with Crippen LogP contribution in [0.25, 0.3) is 0 Å². The van der Waals surface area contributed by atoms with E-state index in [-0.39, 0.29) is 24.1 Å². The van der Waals surface area contributed by atoms with E-state index in [2.05, 4.69) is 0 Å². The number of furan rings is 1. The maximum atomic E-state index is 11.9. The average molecular weight is 238 g/mol. The molecule has 0 saturated carbocycles. The van der Waals surface area contributed by atoms with Crippen molar-refractivity contribution in [1.82, 2.24) is 9.80 Å². The van der Waals surface area contributed by atoms with Gasteiger partial charge in [0.2, 0.25) is 5.91 Å². The summed E-state index contributed by atoms with van der Waals surface area (Å²) < 4.78 is 9.92. The van der Waals surface area contributed by atoms with Crippen molar-refractivity contribution >= 4 is 11.8 Å². The molecule has 0 aromatic carbocycles. The fourth-order valence-electron chi connectivity index (χ4n) is 1.69. The van der Waals surface area contributed by atoms with Gasteiger partial charge in [0.1, 0.15) is 6.54 Å². The Morgan fingerprint density at radius 2 is 2.41 bits per heavy atom. The molecule has 1 aliphatic heterocycles. The number of ether oxygens (including phenoxy) is 1. The lowest BCUT2D eigenvalue weighted by Crippen LogP contribution is -2.32. The van der Waals surface area contributed by atoms with Crippen molar-refractivity contribution in [2.75, 3.05) is 33.5 Å². The second-order valence-electron chi connectivity index (χ2n) is 3.77. The maximum absolute atomic E-state index is 11.9. The molecule has 2 heterocycles. The predicted octanol–water partition coefficient (Wildman–Crippen LogP) is 0.168. The minimum absolute atomic E-state index is 0.0676. The molecule has 2 rings (SSSR count). The lowest BCUT2D eigenvalue weighted by molar-refractivity contribution is -0.127. The van der Waals surface area contributed by atoms with Gasteiger partial charge in [0.15, 0.2) is 5.76 Å². The molecule has 0 bridgehead atoms. The van der Waals surface area contributed by atoms with Gasteiger partial charge >= 0.3 is 0 Å². The Labute approximate surface area is 98.7 Å². The molecule has 0 atom stereocenters. The highest BCUT2D eigenvalue weighted by atomic mass is 16.5. The number of nitrogens with zero attached hydrogens (tertiary/aromatic N) is 2. The SMILES string of the molecule is COCCN1CN(C(=O)c2ccco2)CC1=O. The van der Waals surface area contributed by atoms with Crippen LogP contribution in [0.3, 0.4) is 0 Å². The summed E-state index contributed by atoms with van der Waals surface area (Å²) >= 11 is 0. The van der Waals surface area contributed by atoms with E-state index in [1.807, 2.05) is 0 Å². The van der Waals surface area contributed by atoms with Gasteiger partial charge in [-0.15, -0.1) is 0 Å². The van der Waals surface area contributed by atoms with Crippen molar-refractivity contribution in [2.45, 2.75) is 0 Å². The van der Waals surface area contributed by atoms with Crippen molar-refractivity contribution < 1.29 is 18.7 Å². The molecule has 0 aliphatic carbocycles. The van der Waals surface area contributed by atoms with E-state index in [0.717, 1.165) is 0 Å². The van der Waals surface area contributed by atoms with Crippen LogP contribution in [0.1, 0.15) is 10.6 Å². The van der Waals surface area contributed by atoms with Crippen LogP contribution in [0.5, 0.6) is 0 Å². The Hall–Kier alpha value is -1.82. The van der Waals surface area contributed by atoms with Crippen LogP contribution >= 0.6 is 0 Å². The molecule has 2 amide bonds. The molecule has 0 N–H and O–H groups in total. The molecule has 1 aromatic rings. The fraction of sp³-hybridized carbons (Fsp3) is 0.455. The minimum atomic E-state index is -0.261. The van der Waals surface area contributed by atoms with Gasteiger partial charge in [0, 0.05) is 13.7 Å². The Balaban J connectivity index is 1.96. The van der Waals surface area contributed by atoms with Crippen LogP contribution in [-0.4, -0.2) is 55.1 Å². The van der Waals surface area contributed by atoms with Gasteiger partial charge < -0.3 is 19.0 Å². The standard InChI is InChI=1S/C11H14N2O4/c1-16-6-4-12-8-13(7-10(12)14)11(15)9-3-2-5-17-9/h2-3,5H,4,6-8H2,1H3. The van der Waals surface area contributed by atoms with Crippen LogP contribution < -0.4 is 0 Å². The first-order valence-electron chi connectivity index (χ1n) is 5.32. The highest BCUT2D eigenvalue weighted by Gasteiger charge is 2.31. The van der Waals surface area contributed by atoms with E-state index in [1.54, 1.807) is 24.1 Å². The van der Waals surface area contributed by atoms with Crippen molar-refractivity contribution in [3.8, 4) is 0 Å². The third-order valence-electron chi connectivity index (χ3n) is 2.60. The number of hydrogen-bond donors (Lipinski definition) is 0. The second-order valence-corrected chi connectivity index (χ2v) is 3.77. The van der Waals surface area contributed by atoms with Crippen molar-refractivity contribution in [3.63, 3.8) is 0 Å². The Kier molecular flexibility index (Phi) is 3.43. The predicted molar refractivity (Wildman–Crippen MR) is 58.2 cm³/mol. The molecule has 1 aromatic heterocycles. The topological polar surface area (TPSA) is 63.0 Å². The summed E-state index contributed by atoms with van der Waals surface area (Å²) in [6, 6.07) is 3.23. The molecule has 17 heavy (non-hydrogen) atoms. The third kappa shape index (κ3) is 2.47. The Bertz CT molecular complexity index is 402. The average Bonchev–Trinajstić information content (AvgIpc) is 2.95. The van der Waals surface area contributed by atoms with E-state index in [0.29, 0.717) is 19.8 Å². The Morgan fingerprint density at radius 1 is 1.59 bits per heavy atom. The smallest absolute Gasteiger partial charge is 0.291 e. The summed E-state index contributed by atoms with van der Waals surface area (Å²) in [5.74, 6) is -0.0726. The molecule has 6 nitrogen and oxygen atoms in total. The van der Waals surface area contributed by atoms with Crippen molar-refractivity contribution in [2.24, 2.45) is 0 Å². The largest absolute Gasteiger partial charge is 0.459 e. The second kappa shape index (κ2) is 5.01. The van der Waals surface area contributed by atoms with E-state index in [9.17, 15) is 9.59 Å². The summed E-state index contributed by atoms with van der Waals surface area (Å²) in [6.45, 7) is 1.36. The molecular weight excluding hydrogens is 224 g/mol. The molecule has 92 valence electrons. The van der Waals surface area contributed by atoms with Gasteiger partial charge in [-0.2, -0.15) is 0 Å². The molecular formula is C11H14N2O4. The first kappa shape index (κ1) is 11.7. The van der Waals surface area contributed by atoms with Gasteiger partial charge in [-0.05, 0) is 12.1 Å². The summed E-state index contributed by atoms with van der Waals surface area (Å²) in [5, 5.41) is 0. The van der Waals surface area contributed by atoms with Crippen LogP contribution in [0.15, 0.2) is 22.8 Å². The number of methoxy groups -OCH3 is 1. The maximum Gasteiger partial charge on any atom is 0.291 e. The van der Waals surface area contributed by atoms with Crippen LogP contribution in [0.2, 0.25) is 0 Å². The molecule has 6 heteroatoms. The van der Waals surface area contributed by atoms with Gasteiger partial charge in [-0.25, -0.2) is 0 Å². The van der Waals surface area contributed by atoms with E-state index in [4.69, 9.17) is 9.15 Å². The van der Waals surface area contributed by atoms with Gasteiger partial charge in [-0.3, -0.25) is 9.59 Å². The van der Waals surface area contributed by atoms with Crippen LogP contribution in [0.4, 0.5) is 0 Å². The summed E-state index contributed by atoms with van der Waals surface area (Å²) in [6.07, 6.45) is 1.44. The monoisotopic (exact) mass is 238 g/mol. The zero-order chi connectivity index (χ0) is 12.3. The first-order chi connectivity index (χ1) is 8.22. The van der Waals surface area contributed by atoms with E-state index >= 15 is 0 Å². The number of rotatable bonds is 4. The van der Waals surface area contributed by atoms with Crippen LogP contribution in [0, 0.1) is 0 Å². The lowest BCUT2D eigenvalue weighted by atomic mass is 10.4. The summed E-state index contributed by atoms with van der Waals surface area (Å²) in [7, 11) is 1.58. The fourth-order valence-corrected chi connectivity index (χ4v) is 1.69. The van der Waals surface area contributed by atoms with Crippen molar-refractivity contribution in [3.05, 3.63) is 24.2 Å². The quantitative estimate of drug-likeness (QED) is 0.750. The summed E-state index contributed by atoms with van der Waals surface area (Å²) in [5.41, 5.74) is 0. The molecule has 0 radical (unpaired) electrons. The number of carbonyl (C=O) groups is 2. The lowest BCUT2D eigenvalue weighted by Gasteiger charge is -2.16. The molecule has 1 aliphatic rings. The van der Waals surface area contributed by atoms with Crippen LogP contribution in [-0.2, 0) is 9.53 Å². The van der Waals surface area contributed by atoms with E-state index in [1.165, 1.54) is 11.2 Å². The number of carbonyl (C=O) groups excluding carboxylic acids is 2.